The zero-order valence-corrected chi connectivity index (χ0v) is 23.6. The summed E-state index contributed by atoms with van der Waals surface area (Å²) in [5.41, 5.74) is 4.30. The van der Waals surface area contributed by atoms with E-state index in [4.69, 9.17) is 4.74 Å². The maximum Gasteiger partial charge on any atom is 0.264 e. The summed E-state index contributed by atoms with van der Waals surface area (Å²) in [6.07, 6.45) is 1.42. The van der Waals surface area contributed by atoms with E-state index in [2.05, 4.69) is 31.8 Å². The van der Waals surface area contributed by atoms with Crippen molar-refractivity contribution in [2.24, 2.45) is 5.10 Å². The topological polar surface area (TPSA) is 117 Å². The van der Waals surface area contributed by atoms with Crippen molar-refractivity contribution in [2.45, 2.75) is 31.7 Å². The Morgan fingerprint density at radius 3 is 2.34 bits per heavy atom. The normalized spacial score (nSPS) is 11.4. The highest BCUT2D eigenvalue weighted by atomic mass is 79.9. The number of benzene rings is 3. The molecule has 3 rings (SSSR count). The Hall–Kier alpha value is -3.70. The van der Waals surface area contributed by atoms with Gasteiger partial charge in [0.25, 0.3) is 21.8 Å². The number of halogens is 1. The second kappa shape index (κ2) is 13.2. The third-order valence-corrected chi connectivity index (χ3v) is 7.38. The Kier molecular flexibility index (Phi) is 10.0. The SMILES string of the molecule is Cc1ccc(S(=O)(=O)N(CC(=O)N/N=C\c2ccc(OCC(=O)NC(C)C)cc2)c2cccc(Br)c2)cc1. The van der Waals surface area contributed by atoms with Gasteiger partial charge in [-0.3, -0.25) is 13.9 Å². The minimum atomic E-state index is -4.03. The van der Waals surface area contributed by atoms with E-state index < -0.39 is 22.5 Å². The molecule has 0 aliphatic rings. The molecule has 2 amide bonds. The largest absolute Gasteiger partial charge is 0.484 e. The number of hydrogen-bond acceptors (Lipinski definition) is 6. The van der Waals surface area contributed by atoms with Crippen molar-refractivity contribution >= 4 is 49.7 Å². The molecule has 0 bridgehead atoms. The van der Waals surface area contributed by atoms with Crippen LogP contribution in [-0.2, 0) is 19.6 Å². The number of rotatable bonds is 11. The molecule has 3 aromatic rings. The van der Waals surface area contributed by atoms with E-state index in [1.807, 2.05) is 20.8 Å². The summed E-state index contributed by atoms with van der Waals surface area (Å²) in [5, 5.41) is 6.69. The zero-order valence-electron chi connectivity index (χ0n) is 21.2. The lowest BCUT2D eigenvalue weighted by molar-refractivity contribution is -0.123. The van der Waals surface area contributed by atoms with Crippen LogP contribution in [0.25, 0.3) is 0 Å². The molecule has 11 heteroatoms. The summed E-state index contributed by atoms with van der Waals surface area (Å²) in [4.78, 5) is 24.5. The number of amides is 2. The van der Waals surface area contributed by atoms with Gasteiger partial charge in [0.05, 0.1) is 16.8 Å². The number of nitrogens with zero attached hydrogens (tertiary/aromatic N) is 2. The third kappa shape index (κ3) is 8.42. The minimum Gasteiger partial charge on any atom is -0.484 e. The smallest absolute Gasteiger partial charge is 0.264 e. The van der Waals surface area contributed by atoms with E-state index in [9.17, 15) is 18.0 Å². The molecule has 0 fully saturated rings. The van der Waals surface area contributed by atoms with Gasteiger partial charge in [0.1, 0.15) is 12.3 Å². The number of aryl methyl sites for hydroxylation is 1. The summed E-state index contributed by atoms with van der Waals surface area (Å²) in [7, 11) is -4.03. The van der Waals surface area contributed by atoms with Crippen LogP contribution in [0.1, 0.15) is 25.0 Å². The van der Waals surface area contributed by atoms with Crippen molar-refractivity contribution in [1.29, 1.82) is 0 Å². The van der Waals surface area contributed by atoms with Gasteiger partial charge in [-0.05, 0) is 80.9 Å². The first-order chi connectivity index (χ1) is 18.0. The highest BCUT2D eigenvalue weighted by Crippen LogP contribution is 2.26. The number of nitrogens with one attached hydrogen (secondary N) is 2. The maximum atomic E-state index is 13.4. The van der Waals surface area contributed by atoms with Crippen LogP contribution in [-0.4, -0.2) is 45.6 Å². The number of sulfonamides is 1. The quantitative estimate of drug-likeness (QED) is 0.255. The number of hydrogen-bond donors (Lipinski definition) is 2. The molecule has 3 aromatic carbocycles. The molecule has 0 saturated heterocycles. The van der Waals surface area contributed by atoms with Gasteiger partial charge < -0.3 is 10.1 Å². The fourth-order valence-corrected chi connectivity index (χ4v) is 5.09. The van der Waals surface area contributed by atoms with E-state index >= 15 is 0 Å². The van der Waals surface area contributed by atoms with Crippen LogP contribution in [0.5, 0.6) is 5.75 Å². The van der Waals surface area contributed by atoms with E-state index in [0.717, 1.165) is 9.87 Å². The van der Waals surface area contributed by atoms with Crippen molar-refractivity contribution in [3.8, 4) is 5.75 Å². The van der Waals surface area contributed by atoms with E-state index in [1.54, 1.807) is 60.7 Å². The molecule has 0 atom stereocenters. The Morgan fingerprint density at radius 1 is 1.03 bits per heavy atom. The lowest BCUT2D eigenvalue weighted by Crippen LogP contribution is -2.39. The van der Waals surface area contributed by atoms with Gasteiger partial charge in [-0.15, -0.1) is 0 Å². The predicted octanol–water partition coefficient (Wildman–Crippen LogP) is 4.01. The summed E-state index contributed by atoms with van der Waals surface area (Å²) in [6.45, 7) is 5.02. The highest BCUT2D eigenvalue weighted by molar-refractivity contribution is 9.10. The number of carbonyl (C=O) groups is 2. The molecule has 0 saturated carbocycles. The van der Waals surface area contributed by atoms with Crippen molar-refractivity contribution in [1.82, 2.24) is 10.7 Å². The maximum absolute atomic E-state index is 13.4. The zero-order chi connectivity index (χ0) is 27.7. The Labute approximate surface area is 231 Å². The first kappa shape index (κ1) is 28.9. The number of ether oxygens (including phenoxy) is 1. The predicted molar refractivity (Wildman–Crippen MR) is 151 cm³/mol. The van der Waals surface area contributed by atoms with Crippen molar-refractivity contribution in [3.63, 3.8) is 0 Å². The van der Waals surface area contributed by atoms with Gasteiger partial charge >= 0.3 is 0 Å². The Balaban J connectivity index is 1.66. The summed E-state index contributed by atoms with van der Waals surface area (Å²) in [5.74, 6) is -0.321. The van der Waals surface area contributed by atoms with Gasteiger partial charge in [-0.25, -0.2) is 13.8 Å². The van der Waals surface area contributed by atoms with Gasteiger partial charge in [0.2, 0.25) is 0 Å². The Bertz CT molecular complexity index is 1390. The highest BCUT2D eigenvalue weighted by Gasteiger charge is 2.27. The standard InChI is InChI=1S/C27H29BrN4O5S/c1-19(2)30-27(34)18-37-24-11-9-21(10-12-24)16-29-31-26(33)17-32(23-6-4-5-22(28)15-23)38(35,36)25-13-7-20(3)8-14-25/h4-16,19H,17-18H2,1-3H3,(H,30,34)(H,31,33)/b29-16-. The fourth-order valence-electron chi connectivity index (χ4n) is 3.29. The molecule has 0 spiro atoms. The molecule has 0 unspecified atom stereocenters. The lowest BCUT2D eigenvalue weighted by atomic mass is 10.2. The van der Waals surface area contributed by atoms with Crippen molar-refractivity contribution in [3.05, 3.63) is 88.4 Å². The van der Waals surface area contributed by atoms with Crippen LogP contribution in [0.15, 0.2) is 87.3 Å². The van der Waals surface area contributed by atoms with Crippen molar-refractivity contribution < 1.29 is 22.7 Å². The molecule has 0 aliphatic heterocycles. The van der Waals surface area contributed by atoms with Gasteiger partial charge in [0.15, 0.2) is 6.61 Å². The second-order valence-electron chi connectivity index (χ2n) is 8.68. The summed E-state index contributed by atoms with van der Waals surface area (Å²) >= 11 is 3.35. The number of anilines is 1. The number of hydrazone groups is 1. The molecule has 0 aromatic heterocycles. The molecule has 9 nitrogen and oxygen atoms in total. The van der Waals surface area contributed by atoms with Crippen LogP contribution < -0.4 is 19.8 Å². The second-order valence-corrected chi connectivity index (χ2v) is 11.5. The molecule has 2 N–H and O–H groups in total. The fraction of sp³-hybridized carbons (Fsp3) is 0.222. The van der Waals surface area contributed by atoms with E-state index in [0.29, 0.717) is 21.5 Å². The van der Waals surface area contributed by atoms with Gasteiger partial charge in [0, 0.05) is 10.5 Å². The summed E-state index contributed by atoms with van der Waals surface area (Å²) in [6, 6.07) is 19.9. The molecular weight excluding hydrogens is 572 g/mol. The molecule has 0 heterocycles. The Morgan fingerprint density at radius 2 is 1.71 bits per heavy atom. The van der Waals surface area contributed by atoms with Crippen LogP contribution in [0.2, 0.25) is 0 Å². The number of carbonyl (C=O) groups excluding carboxylic acids is 2. The van der Waals surface area contributed by atoms with Crippen LogP contribution in [0.3, 0.4) is 0 Å². The molecule has 0 radical (unpaired) electrons. The molecule has 38 heavy (non-hydrogen) atoms. The average molecular weight is 602 g/mol. The van der Waals surface area contributed by atoms with E-state index in [-0.39, 0.29) is 23.5 Å². The first-order valence-corrected chi connectivity index (χ1v) is 14.0. The summed E-state index contributed by atoms with van der Waals surface area (Å²) < 4.78 is 34.0. The minimum absolute atomic E-state index is 0.0317. The van der Waals surface area contributed by atoms with E-state index in [1.165, 1.54) is 18.3 Å². The van der Waals surface area contributed by atoms with Crippen molar-refractivity contribution in [2.75, 3.05) is 17.5 Å². The monoisotopic (exact) mass is 600 g/mol. The van der Waals surface area contributed by atoms with Crippen LogP contribution >= 0.6 is 15.9 Å². The third-order valence-electron chi connectivity index (χ3n) is 5.09. The molecular formula is C27H29BrN4O5S. The molecule has 200 valence electrons. The first-order valence-electron chi connectivity index (χ1n) is 11.7. The molecule has 0 aliphatic carbocycles. The van der Waals surface area contributed by atoms with Gasteiger partial charge in [-0.2, -0.15) is 5.10 Å². The van der Waals surface area contributed by atoms with Crippen LogP contribution in [0.4, 0.5) is 5.69 Å². The lowest BCUT2D eigenvalue weighted by Gasteiger charge is -2.24. The van der Waals surface area contributed by atoms with Gasteiger partial charge in [-0.1, -0.05) is 39.7 Å². The average Bonchev–Trinajstić information content (AvgIpc) is 2.86. The van der Waals surface area contributed by atoms with Crippen LogP contribution in [0, 0.1) is 6.92 Å².